The second kappa shape index (κ2) is 10.6. The summed E-state index contributed by atoms with van der Waals surface area (Å²) in [5, 5.41) is 13.9. The van der Waals surface area contributed by atoms with E-state index in [0.29, 0.717) is 0 Å². The molecule has 2 aromatic carbocycles. The van der Waals surface area contributed by atoms with Crippen LogP contribution in [0.1, 0.15) is 30.4 Å². The van der Waals surface area contributed by atoms with Gasteiger partial charge in [0.1, 0.15) is 19.3 Å². The fourth-order valence-electron chi connectivity index (χ4n) is 3.61. The molecule has 1 aliphatic carbocycles. The summed E-state index contributed by atoms with van der Waals surface area (Å²) in [6, 6.07) is 15.2. The normalized spacial score (nSPS) is 13.1. The largest absolute Gasteiger partial charge is 0.480 e. The van der Waals surface area contributed by atoms with Crippen molar-refractivity contribution in [3.8, 4) is 11.1 Å². The van der Waals surface area contributed by atoms with Gasteiger partial charge in [-0.25, -0.2) is 9.59 Å². The first-order valence-corrected chi connectivity index (χ1v) is 10.2. The molecule has 3 rings (SSSR count). The van der Waals surface area contributed by atoms with Crippen LogP contribution in [-0.4, -0.2) is 55.5 Å². The van der Waals surface area contributed by atoms with Crippen LogP contribution in [0.3, 0.4) is 0 Å². The zero-order chi connectivity index (χ0) is 22.2. The number of benzene rings is 2. The maximum absolute atomic E-state index is 12.0. The third-order valence-corrected chi connectivity index (χ3v) is 5.13. The van der Waals surface area contributed by atoms with Gasteiger partial charge in [-0.1, -0.05) is 55.5 Å². The first-order chi connectivity index (χ1) is 15.0. The number of carboxylic acids is 1. The molecule has 0 saturated heterocycles. The molecule has 3 N–H and O–H groups in total. The summed E-state index contributed by atoms with van der Waals surface area (Å²) in [5.74, 6) is -1.62. The van der Waals surface area contributed by atoms with E-state index in [4.69, 9.17) is 14.6 Å². The Bertz CT molecular complexity index is 900. The van der Waals surface area contributed by atoms with Crippen molar-refractivity contribution in [3.05, 3.63) is 59.7 Å². The van der Waals surface area contributed by atoms with Crippen molar-refractivity contribution in [1.29, 1.82) is 0 Å². The van der Waals surface area contributed by atoms with Crippen LogP contribution in [0.4, 0.5) is 4.79 Å². The Morgan fingerprint density at radius 1 is 1.03 bits per heavy atom. The molecule has 2 aromatic rings. The Balaban J connectivity index is 1.39. The molecule has 0 fully saturated rings. The molecule has 0 heterocycles. The van der Waals surface area contributed by atoms with Crippen molar-refractivity contribution in [2.45, 2.75) is 25.3 Å². The summed E-state index contributed by atoms with van der Waals surface area (Å²) in [5.41, 5.74) is 4.59. The predicted octanol–water partition coefficient (Wildman–Crippen LogP) is 2.52. The molecule has 8 nitrogen and oxygen atoms in total. The number of hydrogen-bond donors (Lipinski definition) is 3. The number of hydrogen-bond acceptors (Lipinski definition) is 5. The van der Waals surface area contributed by atoms with Gasteiger partial charge in [-0.3, -0.25) is 4.79 Å². The summed E-state index contributed by atoms with van der Waals surface area (Å²) >= 11 is 0. The Morgan fingerprint density at radius 2 is 1.65 bits per heavy atom. The summed E-state index contributed by atoms with van der Waals surface area (Å²) in [6.07, 6.45) is -0.281. The topological polar surface area (TPSA) is 114 Å². The van der Waals surface area contributed by atoms with Gasteiger partial charge in [0.2, 0.25) is 5.91 Å². The molecule has 0 spiro atoms. The van der Waals surface area contributed by atoms with Gasteiger partial charge in [0.25, 0.3) is 0 Å². The first-order valence-electron chi connectivity index (χ1n) is 10.2. The van der Waals surface area contributed by atoms with Gasteiger partial charge < -0.3 is 25.2 Å². The lowest BCUT2D eigenvalue weighted by molar-refractivity contribution is -0.142. The lowest BCUT2D eigenvalue weighted by Gasteiger charge is -2.15. The zero-order valence-electron chi connectivity index (χ0n) is 17.3. The fourth-order valence-corrected chi connectivity index (χ4v) is 3.61. The van der Waals surface area contributed by atoms with E-state index in [2.05, 4.69) is 22.8 Å². The lowest BCUT2D eigenvalue weighted by Crippen LogP contribution is -2.42. The van der Waals surface area contributed by atoms with Crippen molar-refractivity contribution in [3.63, 3.8) is 0 Å². The second-order valence-electron chi connectivity index (χ2n) is 7.17. The number of amides is 2. The number of carbonyl (C=O) groups excluding carboxylic acids is 2. The molecular weight excluding hydrogens is 400 g/mol. The Hall–Kier alpha value is -3.39. The van der Waals surface area contributed by atoms with E-state index in [0.717, 1.165) is 22.3 Å². The Labute approximate surface area is 180 Å². The number of carbonyl (C=O) groups is 3. The van der Waals surface area contributed by atoms with E-state index in [1.54, 1.807) is 6.92 Å². The molecule has 1 atom stereocenters. The second-order valence-corrected chi connectivity index (χ2v) is 7.17. The highest BCUT2D eigenvalue weighted by molar-refractivity contribution is 5.84. The molecule has 1 aliphatic rings. The van der Waals surface area contributed by atoms with E-state index in [1.165, 1.54) is 0 Å². The zero-order valence-corrected chi connectivity index (χ0v) is 17.3. The molecule has 164 valence electrons. The van der Waals surface area contributed by atoms with Gasteiger partial charge >= 0.3 is 12.1 Å². The smallest absolute Gasteiger partial charge is 0.407 e. The van der Waals surface area contributed by atoms with E-state index in [1.807, 2.05) is 36.4 Å². The first kappa shape index (κ1) is 22.3. The number of ether oxygens (including phenoxy) is 2. The molecule has 1 unspecified atom stereocenters. The van der Waals surface area contributed by atoms with Gasteiger partial charge in [0, 0.05) is 12.5 Å². The molecular formula is C23H26N2O6. The van der Waals surface area contributed by atoms with Crippen LogP contribution in [0.25, 0.3) is 11.1 Å². The summed E-state index contributed by atoms with van der Waals surface area (Å²) in [6.45, 7) is 1.87. The van der Waals surface area contributed by atoms with Gasteiger partial charge in [-0.15, -0.1) is 0 Å². The maximum atomic E-state index is 12.0. The molecule has 0 aliphatic heterocycles. The molecule has 31 heavy (non-hydrogen) atoms. The number of rotatable bonds is 10. The van der Waals surface area contributed by atoms with Gasteiger partial charge in [0.15, 0.2) is 0 Å². The molecule has 0 radical (unpaired) electrons. The van der Waals surface area contributed by atoms with Gasteiger partial charge in [-0.2, -0.15) is 0 Å². The van der Waals surface area contributed by atoms with Gasteiger partial charge in [0.05, 0.1) is 6.61 Å². The van der Waals surface area contributed by atoms with Crippen LogP contribution in [0.15, 0.2) is 48.5 Å². The highest BCUT2D eigenvalue weighted by Crippen LogP contribution is 2.44. The van der Waals surface area contributed by atoms with Crippen LogP contribution < -0.4 is 10.6 Å². The minimum atomic E-state index is -1.09. The van der Waals surface area contributed by atoms with Crippen LogP contribution in [0.5, 0.6) is 0 Å². The number of carboxylic acid groups (broad SMARTS) is 1. The highest BCUT2D eigenvalue weighted by atomic mass is 16.5. The fraction of sp³-hybridized carbons (Fsp3) is 0.348. The number of fused-ring (bicyclic) bond motifs is 3. The van der Waals surface area contributed by atoms with E-state index in [9.17, 15) is 14.4 Å². The SMILES string of the molecule is CCC(NC(=O)COCCNC(=O)OCC1c2ccccc2-c2ccccc21)C(=O)O. The van der Waals surface area contributed by atoms with Crippen molar-refractivity contribution >= 4 is 18.0 Å². The van der Waals surface area contributed by atoms with E-state index >= 15 is 0 Å². The third kappa shape index (κ3) is 5.61. The van der Waals surface area contributed by atoms with E-state index < -0.39 is 24.0 Å². The van der Waals surface area contributed by atoms with Crippen molar-refractivity contribution in [1.82, 2.24) is 10.6 Å². The lowest BCUT2D eigenvalue weighted by atomic mass is 9.98. The van der Waals surface area contributed by atoms with Crippen LogP contribution >= 0.6 is 0 Å². The molecule has 2 amide bonds. The highest BCUT2D eigenvalue weighted by Gasteiger charge is 2.28. The maximum Gasteiger partial charge on any atom is 0.407 e. The minimum absolute atomic E-state index is 0.0150. The Morgan fingerprint density at radius 3 is 2.23 bits per heavy atom. The summed E-state index contributed by atoms with van der Waals surface area (Å²) in [7, 11) is 0. The number of alkyl carbamates (subject to hydrolysis) is 1. The van der Waals surface area contributed by atoms with E-state index in [-0.39, 0.29) is 38.7 Å². The number of nitrogens with one attached hydrogen (secondary N) is 2. The van der Waals surface area contributed by atoms with Crippen LogP contribution in [0, 0.1) is 0 Å². The third-order valence-electron chi connectivity index (χ3n) is 5.13. The summed E-state index contributed by atoms with van der Waals surface area (Å²) < 4.78 is 10.6. The Kier molecular flexibility index (Phi) is 7.61. The van der Waals surface area contributed by atoms with Crippen molar-refractivity contribution in [2.24, 2.45) is 0 Å². The molecule has 0 bridgehead atoms. The standard InChI is InChI=1S/C23H26N2O6/c1-2-20(22(27)28)25-21(26)14-30-12-11-24-23(29)31-13-19-17-9-5-3-7-15(17)16-8-4-6-10-18(16)19/h3-10,19-20H,2,11-14H2,1H3,(H,24,29)(H,25,26)(H,27,28). The van der Waals surface area contributed by atoms with Crippen molar-refractivity contribution in [2.75, 3.05) is 26.4 Å². The van der Waals surface area contributed by atoms with Crippen LogP contribution in [0.2, 0.25) is 0 Å². The van der Waals surface area contributed by atoms with Crippen molar-refractivity contribution < 1.29 is 29.0 Å². The monoisotopic (exact) mass is 426 g/mol. The molecule has 0 saturated carbocycles. The number of aliphatic carboxylic acids is 1. The summed E-state index contributed by atoms with van der Waals surface area (Å²) in [4.78, 5) is 34.6. The predicted molar refractivity (Wildman–Crippen MR) is 114 cm³/mol. The minimum Gasteiger partial charge on any atom is -0.480 e. The van der Waals surface area contributed by atoms with Crippen LogP contribution in [-0.2, 0) is 19.1 Å². The average Bonchev–Trinajstić information content (AvgIpc) is 3.09. The molecule has 8 heteroatoms. The molecule has 0 aromatic heterocycles. The quantitative estimate of drug-likeness (QED) is 0.503. The average molecular weight is 426 g/mol. The van der Waals surface area contributed by atoms with Gasteiger partial charge in [-0.05, 0) is 28.7 Å².